The summed E-state index contributed by atoms with van der Waals surface area (Å²) >= 11 is 0. The van der Waals surface area contributed by atoms with Gasteiger partial charge in [0.05, 0.1) is 19.0 Å². The largest absolute Gasteiger partial charge is 0.362 e. The Morgan fingerprint density at radius 1 is 1.47 bits per heavy atom. The molecule has 2 saturated heterocycles. The number of hydrogen-bond acceptors (Lipinski definition) is 5. The van der Waals surface area contributed by atoms with Gasteiger partial charge in [0.15, 0.2) is 0 Å². The molecule has 2 aliphatic rings. The zero-order valence-electron chi connectivity index (χ0n) is 7.98. The molecule has 3 atom stereocenters. The molecule has 1 aromatic rings. The summed E-state index contributed by atoms with van der Waals surface area (Å²) in [6.45, 7) is 0.385. The Morgan fingerprint density at radius 3 is 3.07 bits per heavy atom. The van der Waals surface area contributed by atoms with Gasteiger partial charge in [-0.25, -0.2) is 4.98 Å². The van der Waals surface area contributed by atoms with Gasteiger partial charge >= 0.3 is 0 Å². The molecule has 2 aliphatic heterocycles. The second-order valence-corrected chi connectivity index (χ2v) is 4.00. The Labute approximate surface area is 86.1 Å². The van der Waals surface area contributed by atoms with Crippen molar-refractivity contribution in [3.05, 3.63) is 18.7 Å². The fraction of sp³-hybridized carbons (Fsp3) is 0.667. The third kappa shape index (κ3) is 1.37. The first-order valence-corrected chi connectivity index (χ1v) is 4.86. The van der Waals surface area contributed by atoms with Crippen LogP contribution in [-0.2, 0) is 9.47 Å². The van der Waals surface area contributed by atoms with Crippen molar-refractivity contribution in [2.75, 3.05) is 6.61 Å². The quantitative estimate of drug-likeness (QED) is 0.599. The monoisotopic (exact) mass is 212 g/mol. The summed E-state index contributed by atoms with van der Waals surface area (Å²) in [6.07, 6.45) is 4.22. The van der Waals surface area contributed by atoms with Gasteiger partial charge in [-0.2, -0.15) is 0 Å². The van der Waals surface area contributed by atoms with Crippen LogP contribution in [0.1, 0.15) is 12.5 Å². The fourth-order valence-corrected chi connectivity index (χ4v) is 2.16. The van der Waals surface area contributed by atoms with Crippen LogP contribution in [0, 0.1) is 0 Å². The van der Waals surface area contributed by atoms with E-state index in [2.05, 4.69) is 4.98 Å². The van der Waals surface area contributed by atoms with Gasteiger partial charge in [-0.15, -0.1) is 0 Å². The van der Waals surface area contributed by atoms with E-state index in [1.807, 2.05) is 4.57 Å². The second-order valence-electron chi connectivity index (χ2n) is 4.00. The highest BCUT2D eigenvalue weighted by molar-refractivity contribution is 4.95. The Bertz CT molecular complexity index is 351. The van der Waals surface area contributed by atoms with Crippen molar-refractivity contribution in [3.8, 4) is 0 Å². The Balaban J connectivity index is 1.91. The van der Waals surface area contributed by atoms with E-state index in [4.69, 9.17) is 9.47 Å². The maximum atomic E-state index is 9.70. The van der Waals surface area contributed by atoms with Gasteiger partial charge in [0, 0.05) is 18.8 Å². The number of nitrogens with zero attached hydrogens (tertiary/aromatic N) is 2. The lowest BCUT2D eigenvalue weighted by atomic mass is 9.99. The minimum atomic E-state index is -1.91. The van der Waals surface area contributed by atoms with Gasteiger partial charge in [-0.3, -0.25) is 0 Å². The highest BCUT2D eigenvalue weighted by Gasteiger charge is 2.52. The molecule has 82 valence electrons. The molecule has 0 aromatic carbocycles. The minimum Gasteiger partial charge on any atom is -0.362 e. The number of rotatable bonds is 1. The normalized spacial score (nSPS) is 38.1. The summed E-state index contributed by atoms with van der Waals surface area (Å²) in [4.78, 5) is 3.93. The summed E-state index contributed by atoms with van der Waals surface area (Å²) in [5.41, 5.74) is 0. The van der Waals surface area contributed by atoms with Crippen molar-refractivity contribution in [2.24, 2.45) is 0 Å². The molecule has 2 unspecified atom stereocenters. The molecular formula is C9H12N2O4. The molecule has 6 nitrogen and oxygen atoms in total. The summed E-state index contributed by atoms with van der Waals surface area (Å²) in [7, 11) is 0. The number of fused-ring (bicyclic) bond motifs is 2. The predicted molar refractivity (Wildman–Crippen MR) is 47.7 cm³/mol. The second kappa shape index (κ2) is 3.02. The number of ether oxygens (including phenoxy) is 2. The molecule has 6 heteroatoms. The van der Waals surface area contributed by atoms with Crippen LogP contribution in [0.2, 0.25) is 0 Å². The summed E-state index contributed by atoms with van der Waals surface area (Å²) in [5.74, 6) is -1.91. The maximum Gasteiger partial charge on any atom is 0.217 e. The molecule has 0 amide bonds. The van der Waals surface area contributed by atoms with Gasteiger partial charge in [-0.1, -0.05) is 0 Å². The van der Waals surface area contributed by atoms with Crippen LogP contribution >= 0.6 is 0 Å². The molecule has 1 aromatic heterocycles. The Hall–Kier alpha value is -0.950. The lowest BCUT2D eigenvalue weighted by molar-refractivity contribution is -0.315. The minimum absolute atomic E-state index is 0.128. The van der Waals surface area contributed by atoms with Crippen molar-refractivity contribution in [2.45, 2.75) is 30.6 Å². The number of imidazole rings is 1. The maximum absolute atomic E-state index is 9.70. The topological polar surface area (TPSA) is 76.7 Å². The van der Waals surface area contributed by atoms with Crippen molar-refractivity contribution in [3.63, 3.8) is 0 Å². The summed E-state index contributed by atoms with van der Waals surface area (Å²) in [6, 6.07) is -0.138. The number of hydrogen-bond donors (Lipinski definition) is 2. The molecule has 2 fully saturated rings. The van der Waals surface area contributed by atoms with Crippen molar-refractivity contribution in [1.29, 1.82) is 0 Å². The van der Waals surface area contributed by atoms with Crippen LogP contribution < -0.4 is 0 Å². The lowest BCUT2D eigenvalue weighted by Gasteiger charge is -2.36. The Kier molecular flexibility index (Phi) is 1.87. The third-order valence-corrected chi connectivity index (χ3v) is 2.93. The average molecular weight is 212 g/mol. The average Bonchev–Trinajstić information content (AvgIpc) is 2.84. The molecule has 0 aliphatic carbocycles. The first kappa shape index (κ1) is 9.29. The standard InChI is InChI=1S/C9H12N2O4/c12-9(13)3-6(11-2-1-10-5-11)7-4-14-8(9)15-7/h1-2,5-8,12-13H,3-4H2/t6?,7?,8-/m1/s1. The van der Waals surface area contributed by atoms with Crippen LogP contribution in [0.15, 0.2) is 18.7 Å². The molecule has 0 spiro atoms. The SMILES string of the molecule is OC1(O)CC(n2ccnc2)C2CO[C@@H]1O2. The van der Waals surface area contributed by atoms with Crippen molar-refractivity contribution >= 4 is 0 Å². The van der Waals surface area contributed by atoms with Gasteiger partial charge in [-0.05, 0) is 0 Å². The molecule has 0 radical (unpaired) electrons. The van der Waals surface area contributed by atoms with Crippen LogP contribution in [0.4, 0.5) is 0 Å². The molecule has 15 heavy (non-hydrogen) atoms. The smallest absolute Gasteiger partial charge is 0.217 e. The van der Waals surface area contributed by atoms with Crippen molar-refractivity contribution in [1.82, 2.24) is 9.55 Å². The lowest BCUT2D eigenvalue weighted by Crippen LogP contribution is -2.50. The van der Waals surface area contributed by atoms with Crippen LogP contribution in [0.25, 0.3) is 0 Å². The van der Waals surface area contributed by atoms with E-state index in [-0.39, 0.29) is 18.6 Å². The van der Waals surface area contributed by atoms with E-state index in [0.717, 1.165) is 0 Å². The highest BCUT2D eigenvalue weighted by Crippen LogP contribution is 2.39. The summed E-state index contributed by atoms with van der Waals surface area (Å²) in [5, 5.41) is 19.4. The number of aromatic nitrogens is 2. The van der Waals surface area contributed by atoms with E-state index in [1.54, 1.807) is 18.7 Å². The Morgan fingerprint density at radius 2 is 2.33 bits per heavy atom. The molecule has 2 bridgehead atoms. The molecular weight excluding hydrogens is 200 g/mol. The van der Waals surface area contributed by atoms with Crippen LogP contribution in [0.3, 0.4) is 0 Å². The van der Waals surface area contributed by atoms with E-state index in [9.17, 15) is 10.2 Å². The van der Waals surface area contributed by atoms with E-state index < -0.39 is 12.1 Å². The van der Waals surface area contributed by atoms with Gasteiger partial charge in [0.2, 0.25) is 12.1 Å². The number of aliphatic hydroxyl groups is 2. The summed E-state index contributed by atoms with van der Waals surface area (Å²) < 4.78 is 12.4. The van der Waals surface area contributed by atoms with Crippen LogP contribution in [-0.4, -0.2) is 44.6 Å². The van der Waals surface area contributed by atoms with Crippen molar-refractivity contribution < 1.29 is 19.7 Å². The predicted octanol–water partition coefficient (Wildman–Crippen LogP) is -0.750. The fourth-order valence-electron chi connectivity index (χ4n) is 2.16. The molecule has 3 heterocycles. The highest BCUT2D eigenvalue weighted by atomic mass is 16.8. The third-order valence-electron chi connectivity index (χ3n) is 2.93. The van der Waals surface area contributed by atoms with E-state index in [1.165, 1.54) is 0 Å². The van der Waals surface area contributed by atoms with Crippen LogP contribution in [0.5, 0.6) is 0 Å². The molecule has 0 saturated carbocycles. The first-order chi connectivity index (χ1) is 7.17. The molecule has 2 N–H and O–H groups in total. The zero-order chi connectivity index (χ0) is 10.5. The van der Waals surface area contributed by atoms with E-state index >= 15 is 0 Å². The molecule has 3 rings (SSSR count). The first-order valence-electron chi connectivity index (χ1n) is 4.86. The van der Waals surface area contributed by atoms with Gasteiger partial charge < -0.3 is 24.3 Å². The van der Waals surface area contributed by atoms with E-state index in [0.29, 0.717) is 6.61 Å². The van der Waals surface area contributed by atoms with Gasteiger partial charge in [0.1, 0.15) is 6.10 Å². The zero-order valence-corrected chi connectivity index (χ0v) is 7.98. The van der Waals surface area contributed by atoms with Gasteiger partial charge in [0.25, 0.3) is 0 Å².